The molecule has 1 aromatic heterocycles. The Morgan fingerprint density at radius 2 is 2.04 bits per heavy atom. The molecule has 0 saturated heterocycles. The van der Waals surface area contributed by atoms with E-state index in [1.807, 2.05) is 6.07 Å². The fourth-order valence-corrected chi connectivity index (χ4v) is 3.17. The van der Waals surface area contributed by atoms with Crippen molar-refractivity contribution in [1.29, 1.82) is 0 Å². The molecule has 2 aromatic carbocycles. The Morgan fingerprint density at radius 3 is 2.79 bits per heavy atom. The first kappa shape index (κ1) is 16.1. The van der Waals surface area contributed by atoms with Crippen molar-refractivity contribution in [1.82, 2.24) is 5.43 Å². The number of rotatable bonds is 4. The van der Waals surface area contributed by atoms with Gasteiger partial charge in [0.25, 0.3) is 11.6 Å². The highest BCUT2D eigenvalue weighted by molar-refractivity contribution is 7.20. The molecule has 1 N–H and O–H groups in total. The summed E-state index contributed by atoms with van der Waals surface area (Å²) in [6, 6.07) is 13.2. The van der Waals surface area contributed by atoms with E-state index in [4.69, 9.17) is 11.6 Å². The molecular formula is C16H10ClN3O3S. The number of nitrogens with one attached hydrogen (secondary N) is 1. The number of hydrogen-bond acceptors (Lipinski definition) is 5. The van der Waals surface area contributed by atoms with Gasteiger partial charge >= 0.3 is 0 Å². The second kappa shape index (κ2) is 6.77. The molecular weight excluding hydrogens is 350 g/mol. The molecule has 0 radical (unpaired) electrons. The Balaban J connectivity index is 1.76. The first-order valence-corrected chi connectivity index (χ1v) is 8.00. The topological polar surface area (TPSA) is 84.6 Å². The first-order valence-electron chi connectivity index (χ1n) is 6.80. The van der Waals surface area contributed by atoms with E-state index in [0.29, 0.717) is 20.8 Å². The van der Waals surface area contributed by atoms with Crippen LogP contribution in [0.25, 0.3) is 10.1 Å². The lowest BCUT2D eigenvalue weighted by Crippen LogP contribution is -2.16. The van der Waals surface area contributed by atoms with Gasteiger partial charge in [0.05, 0.1) is 16.0 Å². The second-order valence-electron chi connectivity index (χ2n) is 4.81. The van der Waals surface area contributed by atoms with Crippen LogP contribution in [-0.2, 0) is 0 Å². The molecule has 6 nitrogen and oxygen atoms in total. The molecule has 120 valence electrons. The zero-order chi connectivity index (χ0) is 17.1. The number of amides is 1. The van der Waals surface area contributed by atoms with E-state index in [-0.39, 0.29) is 11.6 Å². The third-order valence-electron chi connectivity index (χ3n) is 3.21. The lowest BCUT2D eigenvalue weighted by Gasteiger charge is -1.97. The van der Waals surface area contributed by atoms with E-state index in [9.17, 15) is 14.9 Å². The van der Waals surface area contributed by atoms with E-state index in [2.05, 4.69) is 10.5 Å². The van der Waals surface area contributed by atoms with Crippen molar-refractivity contribution in [3.8, 4) is 0 Å². The van der Waals surface area contributed by atoms with Crippen LogP contribution >= 0.6 is 22.9 Å². The largest absolute Gasteiger partial charge is 0.281 e. The minimum absolute atomic E-state index is 0.0102. The van der Waals surface area contributed by atoms with Gasteiger partial charge in [-0.2, -0.15) is 5.10 Å². The van der Waals surface area contributed by atoms with Crippen molar-refractivity contribution in [2.45, 2.75) is 0 Å². The van der Waals surface area contributed by atoms with Crippen LogP contribution in [0.2, 0.25) is 5.02 Å². The number of nitro benzene ring substituents is 1. The SMILES string of the molecule is O=C(NN=Cc1ccccc1Cl)c1cc2cc([N+](=O)[O-])ccc2s1. The Hall–Kier alpha value is -2.77. The van der Waals surface area contributed by atoms with Crippen LogP contribution in [0.1, 0.15) is 15.2 Å². The van der Waals surface area contributed by atoms with Crippen molar-refractivity contribution >= 4 is 50.8 Å². The second-order valence-corrected chi connectivity index (χ2v) is 6.30. The summed E-state index contributed by atoms with van der Waals surface area (Å²) in [6.07, 6.45) is 1.46. The number of hydrazone groups is 1. The van der Waals surface area contributed by atoms with Crippen molar-refractivity contribution in [3.05, 3.63) is 74.1 Å². The molecule has 3 aromatic rings. The summed E-state index contributed by atoms with van der Waals surface area (Å²) < 4.78 is 0.792. The molecule has 0 saturated carbocycles. The number of nitrogens with zero attached hydrogens (tertiary/aromatic N) is 2. The van der Waals surface area contributed by atoms with E-state index >= 15 is 0 Å². The number of benzene rings is 2. The highest BCUT2D eigenvalue weighted by Crippen LogP contribution is 2.28. The summed E-state index contributed by atoms with van der Waals surface area (Å²) in [7, 11) is 0. The van der Waals surface area contributed by atoms with Crippen molar-refractivity contribution in [3.63, 3.8) is 0 Å². The highest BCUT2D eigenvalue weighted by Gasteiger charge is 2.12. The maximum absolute atomic E-state index is 12.1. The number of nitro groups is 1. The van der Waals surface area contributed by atoms with E-state index in [0.717, 1.165) is 4.70 Å². The van der Waals surface area contributed by atoms with Gasteiger partial charge in [0.2, 0.25) is 0 Å². The van der Waals surface area contributed by atoms with Gasteiger partial charge in [-0.3, -0.25) is 14.9 Å². The fourth-order valence-electron chi connectivity index (χ4n) is 2.05. The van der Waals surface area contributed by atoms with E-state index in [1.165, 1.54) is 29.7 Å². The molecule has 0 aliphatic carbocycles. The molecule has 0 aliphatic rings. The Bertz CT molecular complexity index is 968. The predicted octanol–water partition coefficient (Wildman–Crippen LogP) is 4.23. The van der Waals surface area contributed by atoms with Gasteiger partial charge in [0, 0.05) is 32.8 Å². The summed E-state index contributed by atoms with van der Waals surface area (Å²) in [6.45, 7) is 0. The molecule has 1 amide bonds. The van der Waals surface area contributed by atoms with Crippen LogP contribution in [0, 0.1) is 10.1 Å². The van der Waals surface area contributed by atoms with Crippen LogP contribution in [0.3, 0.4) is 0 Å². The van der Waals surface area contributed by atoms with Gasteiger partial charge in [0.15, 0.2) is 0 Å². The van der Waals surface area contributed by atoms with Crippen LogP contribution in [0.5, 0.6) is 0 Å². The van der Waals surface area contributed by atoms with Crippen molar-refractivity contribution in [2.24, 2.45) is 5.10 Å². The normalized spacial score (nSPS) is 11.0. The standard InChI is InChI=1S/C16H10ClN3O3S/c17-13-4-2-1-3-10(13)9-18-19-16(21)15-8-11-7-12(20(22)23)5-6-14(11)24-15/h1-9H,(H,19,21). The summed E-state index contributed by atoms with van der Waals surface area (Å²) in [5.74, 6) is -0.387. The first-order chi connectivity index (χ1) is 11.5. The molecule has 1 heterocycles. The number of non-ortho nitro benzene ring substituents is 1. The van der Waals surface area contributed by atoms with Crippen LogP contribution in [0.4, 0.5) is 5.69 Å². The minimum atomic E-state index is -0.468. The number of carbonyl (C=O) groups is 1. The van der Waals surface area contributed by atoms with Crippen LogP contribution < -0.4 is 5.43 Å². The van der Waals surface area contributed by atoms with Crippen molar-refractivity contribution in [2.75, 3.05) is 0 Å². The third kappa shape index (κ3) is 3.42. The predicted molar refractivity (Wildman–Crippen MR) is 95.0 cm³/mol. The fraction of sp³-hybridized carbons (Fsp3) is 0. The lowest BCUT2D eigenvalue weighted by molar-refractivity contribution is -0.384. The summed E-state index contributed by atoms with van der Waals surface area (Å²) >= 11 is 7.23. The summed E-state index contributed by atoms with van der Waals surface area (Å²) in [5, 5.41) is 15.9. The third-order valence-corrected chi connectivity index (χ3v) is 4.67. The van der Waals surface area contributed by atoms with Gasteiger partial charge in [-0.25, -0.2) is 5.43 Å². The Labute approximate surface area is 145 Å². The maximum atomic E-state index is 12.1. The summed E-state index contributed by atoms with van der Waals surface area (Å²) in [5.41, 5.74) is 3.10. The van der Waals surface area contributed by atoms with Gasteiger partial charge in [0.1, 0.15) is 0 Å². The smallest absolute Gasteiger partial charge is 0.266 e. The molecule has 0 aliphatic heterocycles. The zero-order valence-corrected chi connectivity index (χ0v) is 13.7. The molecule has 3 rings (SSSR count). The molecule has 24 heavy (non-hydrogen) atoms. The summed E-state index contributed by atoms with van der Waals surface area (Å²) in [4.78, 5) is 22.9. The molecule has 0 atom stereocenters. The Morgan fingerprint density at radius 1 is 1.25 bits per heavy atom. The van der Waals surface area contributed by atoms with E-state index < -0.39 is 4.92 Å². The number of hydrogen-bond donors (Lipinski definition) is 1. The quantitative estimate of drug-likeness (QED) is 0.430. The zero-order valence-electron chi connectivity index (χ0n) is 12.1. The molecule has 8 heteroatoms. The van der Waals surface area contributed by atoms with Gasteiger partial charge in [-0.1, -0.05) is 29.8 Å². The minimum Gasteiger partial charge on any atom is -0.266 e. The van der Waals surface area contributed by atoms with Gasteiger partial charge < -0.3 is 0 Å². The average Bonchev–Trinajstić information content (AvgIpc) is 2.99. The number of halogens is 1. The number of thiophene rings is 1. The number of carbonyl (C=O) groups excluding carboxylic acids is 1. The molecule has 0 bridgehead atoms. The lowest BCUT2D eigenvalue weighted by atomic mass is 10.2. The van der Waals surface area contributed by atoms with Gasteiger partial charge in [-0.05, 0) is 18.2 Å². The van der Waals surface area contributed by atoms with Gasteiger partial charge in [-0.15, -0.1) is 11.3 Å². The highest BCUT2D eigenvalue weighted by atomic mass is 35.5. The van der Waals surface area contributed by atoms with Crippen LogP contribution in [0.15, 0.2) is 53.6 Å². The Kier molecular flexibility index (Phi) is 4.54. The van der Waals surface area contributed by atoms with Crippen LogP contribution in [-0.4, -0.2) is 17.0 Å². The van der Waals surface area contributed by atoms with E-state index in [1.54, 1.807) is 30.3 Å². The molecule has 0 spiro atoms. The molecule has 0 fully saturated rings. The molecule has 0 unspecified atom stereocenters. The average molecular weight is 360 g/mol. The maximum Gasteiger partial charge on any atom is 0.281 e. The monoisotopic (exact) mass is 359 g/mol. The van der Waals surface area contributed by atoms with Crippen molar-refractivity contribution < 1.29 is 9.72 Å². The number of fused-ring (bicyclic) bond motifs is 1.